The summed E-state index contributed by atoms with van der Waals surface area (Å²) in [6, 6.07) is 22.7. The summed E-state index contributed by atoms with van der Waals surface area (Å²) >= 11 is 0. The van der Waals surface area contributed by atoms with E-state index >= 15 is 0 Å². The van der Waals surface area contributed by atoms with Crippen LogP contribution >= 0.6 is 0 Å². The third-order valence-corrected chi connectivity index (χ3v) is 5.66. The van der Waals surface area contributed by atoms with Gasteiger partial charge in [-0.05, 0) is 48.4 Å². The molecule has 1 aliphatic heterocycles. The summed E-state index contributed by atoms with van der Waals surface area (Å²) in [5.41, 5.74) is 2.38. The van der Waals surface area contributed by atoms with Crippen LogP contribution in [0.25, 0.3) is 0 Å². The van der Waals surface area contributed by atoms with E-state index in [1.807, 2.05) is 11.0 Å². The zero-order valence-corrected chi connectivity index (χ0v) is 18.9. The molecule has 3 aromatic rings. The van der Waals surface area contributed by atoms with E-state index in [2.05, 4.69) is 5.32 Å². The van der Waals surface area contributed by atoms with Crippen LogP contribution in [0.2, 0.25) is 0 Å². The van der Waals surface area contributed by atoms with Crippen LogP contribution in [0.15, 0.2) is 78.9 Å². The number of amides is 2. The highest BCUT2D eigenvalue weighted by Crippen LogP contribution is 2.23. The summed E-state index contributed by atoms with van der Waals surface area (Å²) in [7, 11) is 1.57. The zero-order chi connectivity index (χ0) is 23.9. The Labute approximate surface area is 198 Å². The van der Waals surface area contributed by atoms with Gasteiger partial charge in [-0.2, -0.15) is 0 Å². The number of hydrogen-bond acceptors (Lipinski definition) is 5. The largest absolute Gasteiger partial charge is 0.497 e. The minimum atomic E-state index is -1.13. The number of nitrogens with one attached hydrogen (secondary N) is 1. The molecule has 1 unspecified atom stereocenters. The summed E-state index contributed by atoms with van der Waals surface area (Å²) in [4.78, 5) is 39.6. The van der Waals surface area contributed by atoms with Gasteiger partial charge in [-0.1, -0.05) is 42.5 Å². The number of methoxy groups -OCH3 is 1. The first-order chi connectivity index (χ1) is 16.5. The first kappa shape index (κ1) is 23.0. The van der Waals surface area contributed by atoms with Gasteiger partial charge >= 0.3 is 5.97 Å². The number of benzene rings is 3. The van der Waals surface area contributed by atoms with Gasteiger partial charge in [0, 0.05) is 30.8 Å². The van der Waals surface area contributed by atoms with Gasteiger partial charge in [-0.25, -0.2) is 4.79 Å². The van der Waals surface area contributed by atoms with Gasteiger partial charge in [0.2, 0.25) is 12.0 Å². The summed E-state index contributed by atoms with van der Waals surface area (Å²) in [6.45, 7) is 1.27. The molecule has 1 N–H and O–H groups in total. The lowest BCUT2D eigenvalue weighted by Gasteiger charge is -2.19. The highest BCUT2D eigenvalue weighted by Gasteiger charge is 2.26. The molecule has 3 aromatic carbocycles. The molecule has 1 saturated heterocycles. The Kier molecular flexibility index (Phi) is 7.22. The fourth-order valence-electron chi connectivity index (χ4n) is 3.80. The molecule has 0 saturated carbocycles. The van der Waals surface area contributed by atoms with Crippen LogP contribution in [0.1, 0.15) is 40.4 Å². The predicted molar refractivity (Wildman–Crippen MR) is 127 cm³/mol. The quantitative estimate of drug-likeness (QED) is 0.507. The Hall–Kier alpha value is -4.13. The zero-order valence-electron chi connectivity index (χ0n) is 18.9. The average Bonchev–Trinajstić information content (AvgIpc) is 3.27. The first-order valence-corrected chi connectivity index (χ1v) is 11.1. The van der Waals surface area contributed by atoms with Gasteiger partial charge in [0.05, 0.1) is 12.7 Å². The van der Waals surface area contributed by atoms with E-state index in [1.54, 1.807) is 79.9 Å². The second-order valence-electron chi connectivity index (χ2n) is 8.03. The third-order valence-electron chi connectivity index (χ3n) is 5.66. The maximum Gasteiger partial charge on any atom is 0.339 e. The second kappa shape index (κ2) is 10.7. The SMILES string of the molecule is COc1ccc(NC(=O)C(OC(=O)c2ccc(CN3CCCC3=O)cc2)c2ccccc2)cc1. The fourth-order valence-corrected chi connectivity index (χ4v) is 3.80. The smallest absolute Gasteiger partial charge is 0.339 e. The van der Waals surface area contributed by atoms with Gasteiger partial charge < -0.3 is 19.7 Å². The number of carbonyl (C=O) groups is 3. The van der Waals surface area contributed by atoms with Crippen LogP contribution in [-0.4, -0.2) is 36.3 Å². The van der Waals surface area contributed by atoms with E-state index < -0.39 is 18.0 Å². The molecule has 7 nitrogen and oxygen atoms in total. The van der Waals surface area contributed by atoms with Crippen molar-refractivity contribution < 1.29 is 23.9 Å². The third kappa shape index (κ3) is 5.61. The monoisotopic (exact) mass is 458 g/mol. The number of anilines is 1. The number of ether oxygens (including phenoxy) is 2. The lowest BCUT2D eigenvalue weighted by Crippen LogP contribution is -2.26. The van der Waals surface area contributed by atoms with Crippen LogP contribution in [-0.2, 0) is 20.9 Å². The molecule has 1 aliphatic rings. The van der Waals surface area contributed by atoms with Gasteiger partial charge in [0.25, 0.3) is 5.91 Å². The topological polar surface area (TPSA) is 84.9 Å². The number of hydrogen-bond donors (Lipinski definition) is 1. The summed E-state index contributed by atoms with van der Waals surface area (Å²) in [6.07, 6.45) is 0.338. The predicted octanol–water partition coefficient (Wildman–Crippen LogP) is 4.35. The molecule has 0 spiro atoms. The van der Waals surface area contributed by atoms with Gasteiger partial charge in [0.15, 0.2) is 0 Å². The van der Waals surface area contributed by atoms with Crippen molar-refractivity contribution in [1.29, 1.82) is 0 Å². The molecule has 4 rings (SSSR count). The standard InChI is InChI=1S/C27H26N2O5/c1-33-23-15-13-22(14-16-23)28-26(31)25(20-6-3-2-4-7-20)34-27(32)21-11-9-19(10-12-21)18-29-17-5-8-24(29)30/h2-4,6-7,9-16,25H,5,8,17-18H2,1H3,(H,28,31). The Balaban J connectivity index is 1.46. The molecule has 0 aromatic heterocycles. The van der Waals surface area contributed by atoms with Crippen LogP contribution in [0, 0.1) is 0 Å². The van der Waals surface area contributed by atoms with E-state index in [1.165, 1.54) is 0 Å². The number of likely N-dealkylation sites (tertiary alicyclic amines) is 1. The number of carbonyl (C=O) groups excluding carboxylic acids is 3. The Morgan fingerprint density at radius 1 is 0.971 bits per heavy atom. The lowest BCUT2D eigenvalue weighted by molar-refractivity contribution is -0.128. The van der Waals surface area contributed by atoms with Gasteiger partial charge in [0.1, 0.15) is 5.75 Å². The summed E-state index contributed by atoms with van der Waals surface area (Å²) in [5, 5.41) is 2.79. The Bertz CT molecular complexity index is 1140. The van der Waals surface area contributed by atoms with E-state index in [4.69, 9.17) is 9.47 Å². The van der Waals surface area contributed by atoms with Crippen molar-refractivity contribution >= 4 is 23.5 Å². The molecule has 0 bridgehead atoms. The average molecular weight is 459 g/mol. The van der Waals surface area contributed by atoms with Crippen LogP contribution in [0.4, 0.5) is 5.69 Å². The van der Waals surface area contributed by atoms with Crippen molar-refractivity contribution in [2.24, 2.45) is 0 Å². The Morgan fingerprint density at radius 3 is 2.29 bits per heavy atom. The van der Waals surface area contributed by atoms with Crippen molar-refractivity contribution in [2.75, 3.05) is 19.0 Å². The molecule has 2 amide bonds. The minimum Gasteiger partial charge on any atom is -0.497 e. The van der Waals surface area contributed by atoms with Crippen LogP contribution in [0.5, 0.6) is 5.75 Å². The minimum absolute atomic E-state index is 0.150. The van der Waals surface area contributed by atoms with Gasteiger partial charge in [-0.15, -0.1) is 0 Å². The van der Waals surface area contributed by atoms with Crippen LogP contribution in [0.3, 0.4) is 0 Å². The summed E-state index contributed by atoms with van der Waals surface area (Å²) < 4.78 is 10.8. The molecular formula is C27H26N2O5. The van der Waals surface area contributed by atoms with Crippen molar-refractivity contribution in [3.05, 3.63) is 95.6 Å². The van der Waals surface area contributed by atoms with E-state index in [0.717, 1.165) is 18.5 Å². The van der Waals surface area contributed by atoms with Crippen molar-refractivity contribution in [2.45, 2.75) is 25.5 Å². The first-order valence-electron chi connectivity index (χ1n) is 11.1. The second-order valence-corrected chi connectivity index (χ2v) is 8.03. The molecule has 34 heavy (non-hydrogen) atoms. The molecule has 7 heteroatoms. The van der Waals surface area contributed by atoms with Crippen molar-refractivity contribution in [3.8, 4) is 5.75 Å². The number of rotatable bonds is 8. The molecule has 1 heterocycles. The molecule has 1 atom stereocenters. The molecule has 1 fully saturated rings. The van der Waals surface area contributed by atoms with E-state index in [-0.39, 0.29) is 5.91 Å². The highest BCUT2D eigenvalue weighted by atomic mass is 16.5. The normalized spacial score (nSPS) is 13.9. The van der Waals surface area contributed by atoms with Crippen molar-refractivity contribution in [3.63, 3.8) is 0 Å². The van der Waals surface area contributed by atoms with Crippen LogP contribution < -0.4 is 10.1 Å². The molecular weight excluding hydrogens is 432 g/mol. The fraction of sp³-hybridized carbons (Fsp3) is 0.222. The highest BCUT2D eigenvalue weighted by molar-refractivity contribution is 5.98. The molecule has 0 radical (unpaired) electrons. The maximum atomic E-state index is 13.1. The lowest BCUT2D eigenvalue weighted by atomic mass is 10.1. The maximum absolute atomic E-state index is 13.1. The van der Waals surface area contributed by atoms with E-state index in [9.17, 15) is 14.4 Å². The summed E-state index contributed by atoms with van der Waals surface area (Å²) in [5.74, 6) is -0.255. The number of esters is 1. The van der Waals surface area contributed by atoms with E-state index in [0.29, 0.717) is 35.5 Å². The Morgan fingerprint density at radius 2 is 1.68 bits per heavy atom. The van der Waals surface area contributed by atoms with Crippen molar-refractivity contribution in [1.82, 2.24) is 4.90 Å². The molecule has 0 aliphatic carbocycles. The molecule has 174 valence electrons. The number of nitrogens with zero attached hydrogens (tertiary/aromatic N) is 1. The van der Waals surface area contributed by atoms with Gasteiger partial charge in [-0.3, -0.25) is 9.59 Å².